The first-order valence-electron chi connectivity index (χ1n) is 3.50. The van der Waals surface area contributed by atoms with Gasteiger partial charge in [0.2, 0.25) is 5.91 Å². The van der Waals surface area contributed by atoms with Crippen LogP contribution in [-0.4, -0.2) is 10.9 Å². The van der Waals surface area contributed by atoms with Crippen LogP contribution < -0.4 is 5.32 Å². The van der Waals surface area contributed by atoms with Crippen LogP contribution in [0.25, 0.3) is 0 Å². The predicted molar refractivity (Wildman–Crippen MR) is 51.0 cm³/mol. The van der Waals surface area contributed by atoms with Crippen molar-refractivity contribution >= 4 is 27.7 Å². The van der Waals surface area contributed by atoms with Gasteiger partial charge < -0.3 is 5.32 Å². The molecule has 0 bridgehead atoms. The number of nitrogens with zero attached hydrogens (tertiary/aromatic N) is 1. The largest absolute Gasteiger partial charge is 0.311 e. The number of carbonyl (C=O) groups excluding carboxylic acids is 1. The first kappa shape index (κ1) is 9.19. The highest BCUT2D eigenvalue weighted by atomic mass is 79.9. The first-order valence-corrected chi connectivity index (χ1v) is 4.29. The molecule has 0 radical (unpaired) electrons. The molecule has 3 nitrogen and oxygen atoms in total. The minimum absolute atomic E-state index is 0.108. The molecule has 0 atom stereocenters. The lowest BCUT2D eigenvalue weighted by Crippen LogP contribution is -2.08. The van der Waals surface area contributed by atoms with Gasteiger partial charge in [0, 0.05) is 6.92 Å². The summed E-state index contributed by atoms with van der Waals surface area (Å²) in [6.07, 6.45) is 0. The summed E-state index contributed by atoms with van der Waals surface area (Å²) in [7, 11) is 0. The molecule has 1 aromatic rings. The SMILES string of the molecule is CC(=O)Nc1nc(Br)ccc1C. The topological polar surface area (TPSA) is 42.0 Å². The summed E-state index contributed by atoms with van der Waals surface area (Å²) < 4.78 is 0.719. The van der Waals surface area contributed by atoms with E-state index in [1.54, 1.807) is 0 Å². The smallest absolute Gasteiger partial charge is 0.222 e. The van der Waals surface area contributed by atoms with Crippen LogP contribution in [0.1, 0.15) is 12.5 Å². The molecule has 0 unspecified atom stereocenters. The summed E-state index contributed by atoms with van der Waals surface area (Å²) in [4.78, 5) is 14.8. The number of carbonyl (C=O) groups is 1. The number of nitrogens with one attached hydrogen (secondary N) is 1. The van der Waals surface area contributed by atoms with Crippen molar-refractivity contribution < 1.29 is 4.79 Å². The number of aromatic nitrogens is 1. The molecule has 1 rings (SSSR count). The van der Waals surface area contributed by atoms with E-state index in [9.17, 15) is 4.79 Å². The van der Waals surface area contributed by atoms with Gasteiger partial charge in [0.15, 0.2) is 0 Å². The standard InChI is InChI=1S/C8H9BrN2O/c1-5-3-4-7(9)11-8(5)10-6(2)12/h3-4H,1-2H3,(H,10,11,12). The number of pyridine rings is 1. The second kappa shape index (κ2) is 3.67. The van der Waals surface area contributed by atoms with Gasteiger partial charge in [0.1, 0.15) is 10.4 Å². The summed E-state index contributed by atoms with van der Waals surface area (Å²) >= 11 is 3.22. The Labute approximate surface area is 79.3 Å². The van der Waals surface area contributed by atoms with Gasteiger partial charge in [-0.15, -0.1) is 0 Å². The summed E-state index contributed by atoms with van der Waals surface area (Å²) in [5.41, 5.74) is 0.952. The minimum Gasteiger partial charge on any atom is -0.311 e. The number of hydrogen-bond donors (Lipinski definition) is 1. The van der Waals surface area contributed by atoms with Gasteiger partial charge in [-0.1, -0.05) is 6.07 Å². The zero-order valence-corrected chi connectivity index (χ0v) is 8.47. The predicted octanol–water partition coefficient (Wildman–Crippen LogP) is 2.11. The van der Waals surface area contributed by atoms with Crippen LogP contribution in [-0.2, 0) is 4.79 Å². The molecule has 64 valence electrons. The van der Waals surface area contributed by atoms with Crippen molar-refractivity contribution in [3.05, 3.63) is 22.3 Å². The van der Waals surface area contributed by atoms with Crippen molar-refractivity contribution in [3.63, 3.8) is 0 Å². The van der Waals surface area contributed by atoms with Crippen LogP contribution in [0.15, 0.2) is 16.7 Å². The minimum atomic E-state index is -0.108. The Morgan fingerprint density at radius 3 is 2.83 bits per heavy atom. The van der Waals surface area contributed by atoms with E-state index in [1.807, 2.05) is 19.1 Å². The lowest BCUT2D eigenvalue weighted by molar-refractivity contribution is -0.114. The summed E-state index contributed by atoms with van der Waals surface area (Å²) in [5.74, 6) is 0.501. The summed E-state index contributed by atoms with van der Waals surface area (Å²) in [6.45, 7) is 3.35. The van der Waals surface area contributed by atoms with E-state index in [2.05, 4.69) is 26.2 Å². The maximum atomic E-state index is 10.7. The Kier molecular flexibility index (Phi) is 2.81. The van der Waals surface area contributed by atoms with E-state index in [0.717, 1.165) is 10.2 Å². The molecular weight excluding hydrogens is 220 g/mol. The molecule has 0 aliphatic heterocycles. The first-order chi connectivity index (χ1) is 5.59. The van der Waals surface area contributed by atoms with Gasteiger partial charge in [0.25, 0.3) is 0 Å². The van der Waals surface area contributed by atoms with Crippen molar-refractivity contribution in [1.82, 2.24) is 4.98 Å². The fourth-order valence-corrected chi connectivity index (χ4v) is 1.11. The number of amides is 1. The van der Waals surface area contributed by atoms with Crippen LogP contribution in [0.3, 0.4) is 0 Å². The van der Waals surface area contributed by atoms with Crippen molar-refractivity contribution in [1.29, 1.82) is 0 Å². The van der Waals surface area contributed by atoms with E-state index < -0.39 is 0 Å². The zero-order valence-electron chi connectivity index (χ0n) is 6.89. The van der Waals surface area contributed by atoms with Crippen LogP contribution in [0.2, 0.25) is 0 Å². The Bertz CT molecular complexity index is 312. The molecule has 0 saturated heterocycles. The quantitative estimate of drug-likeness (QED) is 0.749. The van der Waals surface area contributed by atoms with Gasteiger partial charge in [-0.3, -0.25) is 4.79 Å². The summed E-state index contributed by atoms with van der Waals surface area (Å²) in [5, 5.41) is 2.63. The molecule has 4 heteroatoms. The molecule has 0 aromatic carbocycles. The third kappa shape index (κ3) is 2.30. The average molecular weight is 229 g/mol. The third-order valence-corrected chi connectivity index (χ3v) is 1.80. The van der Waals surface area contributed by atoms with Crippen LogP contribution in [0.4, 0.5) is 5.82 Å². The lowest BCUT2D eigenvalue weighted by atomic mass is 10.3. The van der Waals surface area contributed by atoms with E-state index >= 15 is 0 Å². The van der Waals surface area contributed by atoms with Gasteiger partial charge in [-0.2, -0.15) is 0 Å². The van der Waals surface area contributed by atoms with Crippen LogP contribution >= 0.6 is 15.9 Å². The second-order valence-electron chi connectivity index (χ2n) is 2.48. The van der Waals surface area contributed by atoms with Crippen molar-refractivity contribution in [2.45, 2.75) is 13.8 Å². The van der Waals surface area contributed by atoms with Gasteiger partial charge in [-0.25, -0.2) is 4.98 Å². The van der Waals surface area contributed by atoms with E-state index in [0.29, 0.717) is 5.82 Å². The molecule has 1 aromatic heterocycles. The number of aryl methyl sites for hydroxylation is 1. The molecule has 1 N–H and O–H groups in total. The Morgan fingerprint density at radius 1 is 1.58 bits per heavy atom. The molecular formula is C8H9BrN2O. The lowest BCUT2D eigenvalue weighted by Gasteiger charge is -2.04. The fourth-order valence-electron chi connectivity index (χ4n) is 0.798. The molecule has 0 aliphatic carbocycles. The molecule has 0 fully saturated rings. The number of halogens is 1. The van der Waals surface area contributed by atoms with Crippen molar-refractivity contribution in [2.24, 2.45) is 0 Å². The monoisotopic (exact) mass is 228 g/mol. The van der Waals surface area contributed by atoms with E-state index in [1.165, 1.54) is 6.92 Å². The Hall–Kier alpha value is -0.900. The Balaban J connectivity index is 2.97. The third-order valence-electron chi connectivity index (χ3n) is 1.36. The highest BCUT2D eigenvalue weighted by molar-refractivity contribution is 9.10. The maximum Gasteiger partial charge on any atom is 0.222 e. The zero-order chi connectivity index (χ0) is 9.14. The number of rotatable bonds is 1. The highest BCUT2D eigenvalue weighted by Gasteiger charge is 2.01. The van der Waals surface area contributed by atoms with Gasteiger partial charge in [-0.05, 0) is 34.5 Å². The van der Waals surface area contributed by atoms with Gasteiger partial charge in [0.05, 0.1) is 0 Å². The molecule has 0 saturated carbocycles. The Morgan fingerprint density at radius 2 is 2.25 bits per heavy atom. The summed E-state index contributed by atoms with van der Waals surface area (Å²) in [6, 6.07) is 3.73. The molecule has 0 aliphatic rings. The normalized spacial score (nSPS) is 9.58. The highest BCUT2D eigenvalue weighted by Crippen LogP contribution is 2.15. The second-order valence-corrected chi connectivity index (χ2v) is 3.29. The fraction of sp³-hybridized carbons (Fsp3) is 0.250. The van der Waals surface area contributed by atoms with E-state index in [4.69, 9.17) is 0 Å². The van der Waals surface area contributed by atoms with Crippen molar-refractivity contribution in [3.8, 4) is 0 Å². The molecule has 1 amide bonds. The van der Waals surface area contributed by atoms with Crippen LogP contribution in [0.5, 0.6) is 0 Å². The number of hydrogen-bond acceptors (Lipinski definition) is 2. The average Bonchev–Trinajstić information content (AvgIpc) is 1.96. The van der Waals surface area contributed by atoms with E-state index in [-0.39, 0.29) is 5.91 Å². The maximum absolute atomic E-state index is 10.7. The van der Waals surface area contributed by atoms with Crippen LogP contribution in [0, 0.1) is 6.92 Å². The van der Waals surface area contributed by atoms with Gasteiger partial charge >= 0.3 is 0 Å². The molecule has 0 spiro atoms. The number of anilines is 1. The molecule has 12 heavy (non-hydrogen) atoms. The molecule has 1 heterocycles. The van der Waals surface area contributed by atoms with Crippen molar-refractivity contribution in [2.75, 3.05) is 5.32 Å².